The van der Waals surface area contributed by atoms with Gasteiger partial charge in [0.2, 0.25) is 0 Å². The molecular weight excluding hydrogens is 208 g/mol. The van der Waals surface area contributed by atoms with E-state index in [1.807, 2.05) is 0 Å². The summed E-state index contributed by atoms with van der Waals surface area (Å²) in [6, 6.07) is 9.69. The van der Waals surface area contributed by atoms with E-state index in [1.54, 1.807) is 0 Å². The van der Waals surface area contributed by atoms with Crippen molar-refractivity contribution in [2.24, 2.45) is 11.7 Å². The van der Waals surface area contributed by atoms with Gasteiger partial charge in [-0.1, -0.05) is 25.1 Å². The molecule has 2 nitrogen and oxygen atoms in total. The van der Waals surface area contributed by atoms with Crippen LogP contribution in [0.25, 0.3) is 0 Å². The fourth-order valence-electron chi connectivity index (χ4n) is 3.50. The van der Waals surface area contributed by atoms with E-state index in [2.05, 4.69) is 36.1 Å². The highest BCUT2D eigenvalue weighted by molar-refractivity contribution is 5.57. The van der Waals surface area contributed by atoms with Gasteiger partial charge in [0.25, 0.3) is 0 Å². The van der Waals surface area contributed by atoms with Crippen molar-refractivity contribution >= 4 is 5.69 Å². The highest BCUT2D eigenvalue weighted by Gasteiger charge is 2.38. The molecule has 2 heteroatoms. The largest absolute Gasteiger partial charge is 0.368 e. The summed E-state index contributed by atoms with van der Waals surface area (Å²) in [6.45, 7) is 3.41. The lowest BCUT2D eigenvalue weighted by molar-refractivity contribution is 0.550. The summed E-state index contributed by atoms with van der Waals surface area (Å²) in [7, 11) is 0. The smallest absolute Gasteiger partial charge is 0.0417 e. The Labute approximate surface area is 104 Å². The summed E-state index contributed by atoms with van der Waals surface area (Å²) in [5.74, 6) is 0.936. The monoisotopic (exact) mass is 230 g/mol. The second-order valence-corrected chi connectivity index (χ2v) is 5.56. The summed E-state index contributed by atoms with van der Waals surface area (Å²) in [6.07, 6.45) is 5.22. The predicted molar refractivity (Wildman–Crippen MR) is 72.1 cm³/mol. The standard InChI is InChI=1S/C15H22N2/c1-2-14(16)13-5-3-4-6-15(13)17-10-11-7-8-12(17)9-11/h3-6,11-12,14H,2,7-10,16H2,1H3. The third-order valence-electron chi connectivity index (χ3n) is 4.49. The van der Waals surface area contributed by atoms with Gasteiger partial charge in [0, 0.05) is 24.3 Å². The Bertz CT molecular complexity index is 402. The van der Waals surface area contributed by atoms with Crippen molar-refractivity contribution < 1.29 is 0 Å². The topological polar surface area (TPSA) is 29.3 Å². The second-order valence-electron chi connectivity index (χ2n) is 5.56. The molecule has 3 unspecified atom stereocenters. The molecule has 3 rings (SSSR count). The Morgan fingerprint density at radius 3 is 2.82 bits per heavy atom. The van der Waals surface area contributed by atoms with Gasteiger partial charge in [-0.3, -0.25) is 0 Å². The summed E-state index contributed by atoms with van der Waals surface area (Å²) >= 11 is 0. The van der Waals surface area contributed by atoms with E-state index < -0.39 is 0 Å². The average Bonchev–Trinajstić information content (AvgIpc) is 3.00. The van der Waals surface area contributed by atoms with Gasteiger partial charge < -0.3 is 10.6 Å². The van der Waals surface area contributed by atoms with E-state index in [1.165, 1.54) is 37.1 Å². The number of anilines is 1. The minimum absolute atomic E-state index is 0.185. The van der Waals surface area contributed by atoms with Gasteiger partial charge in [-0.05, 0) is 43.2 Å². The van der Waals surface area contributed by atoms with Gasteiger partial charge in [0.1, 0.15) is 0 Å². The minimum atomic E-state index is 0.185. The maximum atomic E-state index is 6.23. The van der Waals surface area contributed by atoms with Crippen molar-refractivity contribution in [2.45, 2.75) is 44.7 Å². The molecule has 2 fully saturated rings. The highest BCUT2D eigenvalue weighted by Crippen LogP contribution is 2.42. The average molecular weight is 230 g/mol. The first-order chi connectivity index (χ1) is 8.29. The van der Waals surface area contributed by atoms with E-state index >= 15 is 0 Å². The van der Waals surface area contributed by atoms with Crippen molar-refractivity contribution in [3.8, 4) is 0 Å². The number of fused-ring (bicyclic) bond motifs is 2. The lowest BCUT2D eigenvalue weighted by Gasteiger charge is -2.32. The maximum absolute atomic E-state index is 6.23. The van der Waals surface area contributed by atoms with Crippen molar-refractivity contribution in [3.05, 3.63) is 29.8 Å². The van der Waals surface area contributed by atoms with E-state index in [0.29, 0.717) is 0 Å². The molecule has 1 saturated carbocycles. The van der Waals surface area contributed by atoms with Gasteiger partial charge in [0.15, 0.2) is 0 Å². The van der Waals surface area contributed by atoms with Crippen LogP contribution in [0.3, 0.4) is 0 Å². The van der Waals surface area contributed by atoms with E-state index in [4.69, 9.17) is 5.73 Å². The van der Waals surface area contributed by atoms with Gasteiger partial charge in [0.05, 0.1) is 0 Å². The number of rotatable bonds is 3. The molecule has 17 heavy (non-hydrogen) atoms. The fourth-order valence-corrected chi connectivity index (χ4v) is 3.50. The zero-order valence-electron chi connectivity index (χ0n) is 10.6. The van der Waals surface area contributed by atoms with Crippen LogP contribution in [-0.2, 0) is 0 Å². The fraction of sp³-hybridized carbons (Fsp3) is 0.600. The van der Waals surface area contributed by atoms with Crippen LogP contribution in [0.15, 0.2) is 24.3 Å². The van der Waals surface area contributed by atoms with Crippen molar-refractivity contribution in [3.63, 3.8) is 0 Å². The van der Waals surface area contributed by atoms with Crippen LogP contribution >= 0.6 is 0 Å². The second kappa shape index (κ2) is 4.34. The number of benzene rings is 1. The first-order valence-electron chi connectivity index (χ1n) is 6.90. The number of nitrogens with zero attached hydrogens (tertiary/aromatic N) is 1. The molecule has 3 atom stereocenters. The van der Waals surface area contributed by atoms with Crippen LogP contribution in [-0.4, -0.2) is 12.6 Å². The van der Waals surface area contributed by atoms with Gasteiger partial charge in [-0.25, -0.2) is 0 Å². The molecule has 1 aliphatic heterocycles. The third-order valence-corrected chi connectivity index (χ3v) is 4.49. The zero-order chi connectivity index (χ0) is 11.8. The zero-order valence-corrected chi connectivity index (χ0v) is 10.6. The quantitative estimate of drug-likeness (QED) is 0.864. The predicted octanol–water partition coefficient (Wildman–Crippen LogP) is 3.09. The Kier molecular flexibility index (Phi) is 2.83. The molecule has 1 aliphatic carbocycles. The molecule has 2 bridgehead atoms. The van der Waals surface area contributed by atoms with Crippen LogP contribution in [0.2, 0.25) is 0 Å². The summed E-state index contributed by atoms with van der Waals surface area (Å²) < 4.78 is 0. The SMILES string of the molecule is CCC(N)c1ccccc1N1CC2CCC1C2. The van der Waals surface area contributed by atoms with E-state index in [9.17, 15) is 0 Å². The number of nitrogens with two attached hydrogens (primary N) is 1. The minimum Gasteiger partial charge on any atom is -0.368 e. The number of piperidine rings is 1. The molecule has 92 valence electrons. The molecule has 2 aliphatic rings. The molecule has 0 aromatic heterocycles. The first kappa shape index (κ1) is 11.1. The molecule has 1 saturated heterocycles. The Balaban J connectivity index is 1.92. The Hall–Kier alpha value is -1.02. The summed E-state index contributed by atoms with van der Waals surface area (Å²) in [4.78, 5) is 2.61. The molecule has 1 aromatic rings. The third kappa shape index (κ3) is 1.85. The van der Waals surface area contributed by atoms with Gasteiger partial charge >= 0.3 is 0 Å². The molecular formula is C15H22N2. The Morgan fingerprint density at radius 1 is 1.35 bits per heavy atom. The van der Waals surface area contributed by atoms with Crippen molar-refractivity contribution in [2.75, 3.05) is 11.4 Å². The van der Waals surface area contributed by atoms with Gasteiger partial charge in [-0.2, -0.15) is 0 Å². The van der Waals surface area contributed by atoms with Gasteiger partial charge in [-0.15, -0.1) is 0 Å². The van der Waals surface area contributed by atoms with Crippen LogP contribution in [0.5, 0.6) is 0 Å². The maximum Gasteiger partial charge on any atom is 0.0417 e. The van der Waals surface area contributed by atoms with Crippen LogP contribution in [0.1, 0.15) is 44.2 Å². The molecule has 2 N–H and O–H groups in total. The van der Waals surface area contributed by atoms with Crippen LogP contribution < -0.4 is 10.6 Å². The molecule has 0 amide bonds. The van der Waals surface area contributed by atoms with Crippen molar-refractivity contribution in [1.82, 2.24) is 0 Å². The first-order valence-corrected chi connectivity index (χ1v) is 6.90. The van der Waals surface area contributed by atoms with Crippen molar-refractivity contribution in [1.29, 1.82) is 0 Å². The van der Waals surface area contributed by atoms with E-state index in [0.717, 1.165) is 18.4 Å². The van der Waals surface area contributed by atoms with Crippen LogP contribution in [0.4, 0.5) is 5.69 Å². The molecule has 1 aromatic carbocycles. The number of hydrogen-bond donors (Lipinski definition) is 1. The summed E-state index contributed by atoms with van der Waals surface area (Å²) in [5, 5.41) is 0. The van der Waals surface area contributed by atoms with E-state index in [-0.39, 0.29) is 6.04 Å². The summed E-state index contributed by atoms with van der Waals surface area (Å²) in [5.41, 5.74) is 8.97. The Morgan fingerprint density at radius 2 is 2.18 bits per heavy atom. The number of para-hydroxylation sites is 1. The number of hydrogen-bond acceptors (Lipinski definition) is 2. The lowest BCUT2D eigenvalue weighted by Crippen LogP contribution is -2.33. The normalized spacial score (nSPS) is 28.7. The highest BCUT2D eigenvalue weighted by atomic mass is 15.2. The van der Waals surface area contributed by atoms with Crippen LogP contribution in [0, 0.1) is 5.92 Å². The molecule has 0 radical (unpaired) electrons. The molecule has 1 heterocycles. The lowest BCUT2D eigenvalue weighted by atomic mass is 10.0. The molecule has 0 spiro atoms.